The van der Waals surface area contributed by atoms with E-state index in [1.54, 1.807) is 6.07 Å². The van der Waals surface area contributed by atoms with Gasteiger partial charge in [-0.3, -0.25) is 14.5 Å². The van der Waals surface area contributed by atoms with Gasteiger partial charge in [0.15, 0.2) is 0 Å². The van der Waals surface area contributed by atoms with Crippen LogP contribution in [0.2, 0.25) is 0 Å². The number of nitrogens with one attached hydrogen (secondary N) is 2. The summed E-state index contributed by atoms with van der Waals surface area (Å²) >= 11 is 0. The zero-order chi connectivity index (χ0) is 16.4. The standard InChI is InChI=1S/C16H21N3O3/c1-9(2)14-15(21)19(16(22)18-14)8-13(20)17-12-7-5-6-10(3)11(12)4/h5-7,9,14H,8H2,1-4H3,(H,17,20)(H,18,22). The van der Waals surface area contributed by atoms with E-state index in [-0.39, 0.29) is 24.3 Å². The normalized spacial score (nSPS) is 17.9. The van der Waals surface area contributed by atoms with Crippen LogP contribution < -0.4 is 10.6 Å². The molecule has 1 aliphatic heterocycles. The smallest absolute Gasteiger partial charge is 0.325 e. The van der Waals surface area contributed by atoms with Crippen LogP contribution in [0.5, 0.6) is 0 Å². The van der Waals surface area contributed by atoms with Gasteiger partial charge >= 0.3 is 6.03 Å². The number of urea groups is 1. The molecular formula is C16H21N3O3. The van der Waals surface area contributed by atoms with Gasteiger partial charge in [-0.1, -0.05) is 26.0 Å². The Bertz CT molecular complexity index is 625. The first-order chi connectivity index (χ1) is 10.3. The minimum atomic E-state index is -0.555. The molecule has 1 aromatic rings. The summed E-state index contributed by atoms with van der Waals surface area (Å²) in [7, 11) is 0. The van der Waals surface area contributed by atoms with Crippen LogP contribution in [-0.4, -0.2) is 35.3 Å². The Morgan fingerprint density at radius 1 is 1.32 bits per heavy atom. The fourth-order valence-corrected chi connectivity index (χ4v) is 2.36. The lowest BCUT2D eigenvalue weighted by Gasteiger charge is -2.15. The molecule has 1 aromatic carbocycles. The SMILES string of the molecule is Cc1cccc(NC(=O)CN2C(=O)NC(C(C)C)C2=O)c1C. The second kappa shape index (κ2) is 6.17. The lowest BCUT2D eigenvalue weighted by atomic mass is 10.1. The number of benzene rings is 1. The number of hydrogen-bond acceptors (Lipinski definition) is 3. The Balaban J connectivity index is 2.05. The third-order valence-electron chi connectivity index (χ3n) is 3.90. The number of aryl methyl sites for hydroxylation is 1. The van der Waals surface area contributed by atoms with Crippen molar-refractivity contribution >= 4 is 23.5 Å². The van der Waals surface area contributed by atoms with E-state index >= 15 is 0 Å². The van der Waals surface area contributed by atoms with Crippen molar-refractivity contribution in [2.24, 2.45) is 5.92 Å². The molecule has 1 heterocycles. The van der Waals surface area contributed by atoms with Gasteiger partial charge in [0.25, 0.3) is 5.91 Å². The Labute approximate surface area is 129 Å². The van der Waals surface area contributed by atoms with E-state index in [0.717, 1.165) is 16.0 Å². The fourth-order valence-electron chi connectivity index (χ4n) is 2.36. The summed E-state index contributed by atoms with van der Waals surface area (Å²) in [5.74, 6) is -0.749. The summed E-state index contributed by atoms with van der Waals surface area (Å²) in [6, 6.07) is 4.53. The van der Waals surface area contributed by atoms with Crippen molar-refractivity contribution in [2.45, 2.75) is 33.7 Å². The van der Waals surface area contributed by atoms with Crippen molar-refractivity contribution in [3.63, 3.8) is 0 Å². The number of nitrogens with zero attached hydrogens (tertiary/aromatic N) is 1. The molecule has 0 saturated carbocycles. The van der Waals surface area contributed by atoms with Crippen LogP contribution in [0, 0.1) is 19.8 Å². The molecule has 0 aromatic heterocycles. The van der Waals surface area contributed by atoms with E-state index < -0.39 is 12.1 Å². The van der Waals surface area contributed by atoms with Gasteiger partial charge in [-0.2, -0.15) is 0 Å². The second-order valence-corrected chi connectivity index (χ2v) is 5.89. The highest BCUT2D eigenvalue weighted by molar-refractivity contribution is 6.08. The monoisotopic (exact) mass is 303 g/mol. The van der Waals surface area contributed by atoms with Crippen molar-refractivity contribution in [2.75, 3.05) is 11.9 Å². The summed E-state index contributed by atoms with van der Waals surface area (Å²) < 4.78 is 0. The molecule has 2 N–H and O–H groups in total. The van der Waals surface area contributed by atoms with Crippen LogP contribution >= 0.6 is 0 Å². The lowest BCUT2D eigenvalue weighted by molar-refractivity contribution is -0.131. The first-order valence-electron chi connectivity index (χ1n) is 7.29. The Morgan fingerprint density at radius 3 is 2.59 bits per heavy atom. The Hall–Kier alpha value is -2.37. The number of rotatable bonds is 4. The average Bonchev–Trinajstić information content (AvgIpc) is 2.72. The molecule has 1 aliphatic rings. The van der Waals surface area contributed by atoms with Gasteiger partial charge in [0.2, 0.25) is 5.91 Å². The van der Waals surface area contributed by atoms with Gasteiger partial charge in [0.1, 0.15) is 12.6 Å². The van der Waals surface area contributed by atoms with Gasteiger partial charge in [-0.25, -0.2) is 4.79 Å². The number of carbonyl (C=O) groups is 3. The summed E-state index contributed by atoms with van der Waals surface area (Å²) in [5, 5.41) is 5.35. The lowest BCUT2D eigenvalue weighted by Crippen LogP contribution is -2.39. The van der Waals surface area contributed by atoms with E-state index in [1.165, 1.54) is 0 Å². The van der Waals surface area contributed by atoms with Gasteiger partial charge in [0, 0.05) is 5.69 Å². The minimum Gasteiger partial charge on any atom is -0.326 e. The summed E-state index contributed by atoms with van der Waals surface area (Å²) in [6.07, 6.45) is 0. The number of anilines is 1. The number of carbonyl (C=O) groups excluding carboxylic acids is 3. The van der Waals surface area contributed by atoms with E-state index in [4.69, 9.17) is 0 Å². The highest BCUT2D eigenvalue weighted by Gasteiger charge is 2.40. The zero-order valence-corrected chi connectivity index (χ0v) is 13.3. The molecule has 1 atom stereocenters. The first-order valence-corrected chi connectivity index (χ1v) is 7.29. The van der Waals surface area contributed by atoms with Gasteiger partial charge in [-0.15, -0.1) is 0 Å². The highest BCUT2D eigenvalue weighted by atomic mass is 16.2. The van der Waals surface area contributed by atoms with E-state index in [1.807, 2.05) is 39.8 Å². The first kappa shape index (κ1) is 16.0. The third-order valence-corrected chi connectivity index (χ3v) is 3.90. The maximum Gasteiger partial charge on any atom is 0.325 e. The van der Waals surface area contributed by atoms with Crippen molar-refractivity contribution < 1.29 is 14.4 Å². The maximum absolute atomic E-state index is 12.1. The van der Waals surface area contributed by atoms with E-state index in [2.05, 4.69) is 10.6 Å². The largest absolute Gasteiger partial charge is 0.326 e. The van der Waals surface area contributed by atoms with Crippen molar-refractivity contribution in [1.82, 2.24) is 10.2 Å². The van der Waals surface area contributed by atoms with Gasteiger partial charge < -0.3 is 10.6 Å². The van der Waals surface area contributed by atoms with Crippen LogP contribution in [0.25, 0.3) is 0 Å². The van der Waals surface area contributed by atoms with Crippen LogP contribution in [-0.2, 0) is 9.59 Å². The molecule has 2 rings (SSSR count). The molecule has 0 spiro atoms. The molecule has 0 bridgehead atoms. The Kier molecular flexibility index (Phi) is 4.49. The molecule has 0 radical (unpaired) electrons. The predicted molar refractivity (Wildman–Crippen MR) is 83.4 cm³/mol. The summed E-state index contributed by atoms with van der Waals surface area (Å²) in [4.78, 5) is 37.0. The number of hydrogen-bond donors (Lipinski definition) is 2. The number of amides is 4. The maximum atomic E-state index is 12.1. The van der Waals surface area contributed by atoms with Crippen molar-refractivity contribution in [3.05, 3.63) is 29.3 Å². The average molecular weight is 303 g/mol. The molecule has 6 nitrogen and oxygen atoms in total. The molecule has 118 valence electrons. The molecule has 0 aliphatic carbocycles. The molecule has 4 amide bonds. The number of imide groups is 1. The van der Waals surface area contributed by atoms with E-state index in [0.29, 0.717) is 5.69 Å². The van der Waals surface area contributed by atoms with Gasteiger partial charge in [-0.05, 0) is 37.0 Å². The molecule has 1 unspecified atom stereocenters. The fraction of sp³-hybridized carbons (Fsp3) is 0.438. The predicted octanol–water partition coefficient (Wildman–Crippen LogP) is 1.82. The highest BCUT2D eigenvalue weighted by Crippen LogP contribution is 2.18. The van der Waals surface area contributed by atoms with Crippen molar-refractivity contribution in [1.29, 1.82) is 0 Å². The van der Waals surface area contributed by atoms with Crippen LogP contribution in [0.3, 0.4) is 0 Å². The van der Waals surface area contributed by atoms with Crippen LogP contribution in [0.15, 0.2) is 18.2 Å². The van der Waals surface area contributed by atoms with Crippen LogP contribution in [0.4, 0.5) is 10.5 Å². The topological polar surface area (TPSA) is 78.5 Å². The second-order valence-electron chi connectivity index (χ2n) is 5.89. The quantitative estimate of drug-likeness (QED) is 0.833. The summed E-state index contributed by atoms with van der Waals surface area (Å²) in [6.45, 7) is 7.29. The van der Waals surface area contributed by atoms with Gasteiger partial charge in [0.05, 0.1) is 0 Å². The zero-order valence-electron chi connectivity index (χ0n) is 13.3. The molecule has 22 heavy (non-hydrogen) atoms. The van der Waals surface area contributed by atoms with E-state index in [9.17, 15) is 14.4 Å². The minimum absolute atomic E-state index is 0.0106. The van der Waals surface area contributed by atoms with Crippen molar-refractivity contribution in [3.8, 4) is 0 Å². The van der Waals surface area contributed by atoms with Crippen LogP contribution in [0.1, 0.15) is 25.0 Å². The summed E-state index contributed by atoms with van der Waals surface area (Å²) in [5.41, 5.74) is 2.72. The Morgan fingerprint density at radius 2 is 2.00 bits per heavy atom. The molecular weight excluding hydrogens is 282 g/mol. The molecule has 6 heteroatoms. The molecule has 1 fully saturated rings. The molecule has 1 saturated heterocycles. The third kappa shape index (κ3) is 3.10.